The fraction of sp³-hybridized carbons (Fsp3) is 0.750. The molecule has 0 spiro atoms. The molecule has 37 heavy (non-hydrogen) atoms. The van der Waals surface area contributed by atoms with Gasteiger partial charge in [0.1, 0.15) is 6.17 Å². The number of nitrogens with one attached hydrogen (secondary N) is 1. The first-order valence-electron chi connectivity index (χ1n) is 13.3. The number of ether oxygens (including phenoxy) is 1. The highest BCUT2D eigenvalue weighted by atomic mass is 32.1. The smallest absolute Gasteiger partial charge is 0.306 e. The molecule has 9 heteroatoms. The second-order valence-electron chi connectivity index (χ2n) is 11.3. The Labute approximate surface area is 224 Å². The van der Waals surface area contributed by atoms with Gasteiger partial charge in [0, 0.05) is 29.1 Å². The van der Waals surface area contributed by atoms with Crippen molar-refractivity contribution in [2.75, 3.05) is 13.1 Å². The Morgan fingerprint density at radius 1 is 1.19 bits per heavy atom. The van der Waals surface area contributed by atoms with Gasteiger partial charge < -0.3 is 15.2 Å². The van der Waals surface area contributed by atoms with Crippen LogP contribution in [0.4, 0.5) is 8.78 Å². The van der Waals surface area contributed by atoms with E-state index in [0.717, 1.165) is 19.2 Å². The Bertz CT molecular complexity index is 1000. The molecule has 3 saturated carbocycles. The number of thiol groups is 1. The lowest BCUT2D eigenvalue weighted by molar-refractivity contribution is -0.228. The van der Waals surface area contributed by atoms with Gasteiger partial charge in [0.2, 0.25) is 5.12 Å². The van der Waals surface area contributed by atoms with E-state index >= 15 is 8.78 Å². The van der Waals surface area contributed by atoms with E-state index in [2.05, 4.69) is 31.8 Å². The number of carbonyl (C=O) groups excluding carboxylic acids is 3. The van der Waals surface area contributed by atoms with E-state index in [0.29, 0.717) is 6.42 Å². The number of hydrogen-bond acceptors (Lipinski definition) is 6. The lowest BCUT2D eigenvalue weighted by atomic mass is 9.44. The summed E-state index contributed by atoms with van der Waals surface area (Å²) in [5.74, 6) is -2.94. The van der Waals surface area contributed by atoms with Gasteiger partial charge in [-0.2, -0.15) is 0 Å². The number of aliphatic hydroxyl groups excluding tert-OH is 1. The molecule has 0 aromatic carbocycles. The predicted octanol–water partition coefficient (Wildman–Crippen LogP) is 4.32. The van der Waals surface area contributed by atoms with Crippen molar-refractivity contribution in [3.05, 3.63) is 23.8 Å². The maximum atomic E-state index is 17.1. The molecule has 208 valence electrons. The normalized spacial score (nSPS) is 44.0. The second kappa shape index (κ2) is 10.5. The number of halogens is 2. The molecule has 0 heterocycles. The summed E-state index contributed by atoms with van der Waals surface area (Å²) < 4.78 is 38.3. The minimum absolute atomic E-state index is 0.0476. The number of ketones is 1. The topological polar surface area (TPSA) is 92.7 Å². The lowest BCUT2D eigenvalue weighted by Gasteiger charge is -2.63. The molecule has 0 amide bonds. The van der Waals surface area contributed by atoms with Crippen LogP contribution in [0.1, 0.15) is 67.2 Å². The third-order valence-corrected chi connectivity index (χ3v) is 9.88. The van der Waals surface area contributed by atoms with Crippen LogP contribution < -0.4 is 5.32 Å². The molecule has 0 aromatic rings. The highest BCUT2D eigenvalue weighted by molar-refractivity contribution is 7.96. The third kappa shape index (κ3) is 4.24. The van der Waals surface area contributed by atoms with Crippen LogP contribution in [-0.4, -0.2) is 58.6 Å². The van der Waals surface area contributed by atoms with Crippen LogP contribution in [0.25, 0.3) is 0 Å². The molecule has 6 nitrogen and oxygen atoms in total. The van der Waals surface area contributed by atoms with Crippen LogP contribution in [0.5, 0.6) is 0 Å². The van der Waals surface area contributed by atoms with Crippen LogP contribution in [0.3, 0.4) is 0 Å². The molecular weight excluding hydrogens is 500 g/mol. The average molecular weight is 542 g/mol. The van der Waals surface area contributed by atoms with Crippen LogP contribution >= 0.6 is 12.6 Å². The van der Waals surface area contributed by atoms with Crippen molar-refractivity contribution < 1.29 is 33.0 Å². The first-order valence-corrected chi connectivity index (χ1v) is 13.8. The fourth-order valence-corrected chi connectivity index (χ4v) is 8.26. The SMILES string of the molecule is CCC(=O)O[C@]1(C(=O)S)[C@H](C)CC2C3C[C@H](F)C4=CC(=O)C=CC4(C)[C@@]3(F)[C@@H](O)CC21C.CCNCC. The van der Waals surface area contributed by atoms with E-state index in [4.69, 9.17) is 4.74 Å². The summed E-state index contributed by atoms with van der Waals surface area (Å²) in [6, 6.07) is 0. The van der Waals surface area contributed by atoms with Crippen molar-refractivity contribution in [3.8, 4) is 0 Å². The summed E-state index contributed by atoms with van der Waals surface area (Å²) in [6.07, 6.45) is 0.619. The molecule has 3 fully saturated rings. The van der Waals surface area contributed by atoms with E-state index in [1.165, 1.54) is 19.1 Å². The van der Waals surface area contributed by atoms with Crippen molar-refractivity contribution in [3.63, 3.8) is 0 Å². The van der Waals surface area contributed by atoms with E-state index in [1.807, 2.05) is 0 Å². The Kier molecular flexibility index (Phi) is 8.53. The summed E-state index contributed by atoms with van der Waals surface area (Å²) in [5, 5.41) is 13.8. The number of hydrogen-bond donors (Lipinski definition) is 3. The zero-order valence-corrected chi connectivity index (χ0v) is 23.5. The highest BCUT2D eigenvalue weighted by Crippen LogP contribution is 2.71. The monoisotopic (exact) mass is 541 g/mol. The van der Waals surface area contributed by atoms with Gasteiger partial charge in [0.15, 0.2) is 17.1 Å². The van der Waals surface area contributed by atoms with Gasteiger partial charge in [-0.15, -0.1) is 12.6 Å². The minimum atomic E-state index is -2.24. The van der Waals surface area contributed by atoms with Gasteiger partial charge >= 0.3 is 5.97 Å². The Hall–Kier alpha value is -1.58. The first kappa shape index (κ1) is 30.0. The van der Waals surface area contributed by atoms with E-state index in [1.54, 1.807) is 20.8 Å². The number of carbonyl (C=O) groups is 3. The van der Waals surface area contributed by atoms with Crippen molar-refractivity contribution >= 4 is 29.5 Å². The number of allylic oxidation sites excluding steroid dienone is 4. The van der Waals surface area contributed by atoms with Crippen LogP contribution in [0.15, 0.2) is 23.8 Å². The van der Waals surface area contributed by atoms with Gasteiger partial charge in [-0.25, -0.2) is 8.78 Å². The standard InChI is InChI=1S/C24H30F2O5S.C4H11N/c1-5-19(29)31-24(20(30)32)12(2)8-14-15-10-17(25)16-9-13(27)6-7-21(16,3)23(15,26)18(28)11-22(14,24)4;1-3-5-4-2/h6-7,9,12,14-15,17-18,28H,5,8,10-11H2,1-4H3,(H,30,32);5H,3-4H2,1-2H3/t12-,14?,15?,17+,18+,21?,22?,23+,24+;/m1./s1. The molecule has 2 N–H and O–H groups in total. The maximum absolute atomic E-state index is 17.1. The molecule has 4 aliphatic carbocycles. The summed E-state index contributed by atoms with van der Waals surface area (Å²) in [6.45, 7) is 13.0. The van der Waals surface area contributed by atoms with E-state index in [-0.39, 0.29) is 24.8 Å². The average Bonchev–Trinajstić information content (AvgIpc) is 3.05. The Morgan fingerprint density at radius 2 is 1.81 bits per heavy atom. The van der Waals surface area contributed by atoms with Crippen molar-refractivity contribution in [1.29, 1.82) is 0 Å². The Balaban J connectivity index is 0.000000695. The molecule has 4 aliphatic rings. The zero-order valence-electron chi connectivity index (χ0n) is 22.6. The fourth-order valence-electron chi connectivity index (χ4n) is 7.74. The summed E-state index contributed by atoms with van der Waals surface area (Å²) in [4.78, 5) is 37.2. The molecule has 9 atom stereocenters. The van der Waals surface area contributed by atoms with Crippen LogP contribution in [0.2, 0.25) is 0 Å². The first-order chi connectivity index (χ1) is 17.2. The van der Waals surface area contributed by atoms with Crippen molar-refractivity contribution in [2.45, 2.75) is 90.8 Å². The third-order valence-electron chi connectivity index (χ3n) is 9.55. The molecule has 4 rings (SSSR count). The Morgan fingerprint density at radius 3 is 2.32 bits per heavy atom. The summed E-state index contributed by atoms with van der Waals surface area (Å²) >= 11 is 4.09. The summed E-state index contributed by atoms with van der Waals surface area (Å²) in [5.41, 5.74) is -6.46. The number of aliphatic hydroxyl groups is 1. The van der Waals surface area contributed by atoms with Gasteiger partial charge in [0.05, 0.1) is 6.10 Å². The maximum Gasteiger partial charge on any atom is 0.306 e. The van der Waals surface area contributed by atoms with Crippen molar-refractivity contribution in [1.82, 2.24) is 5.32 Å². The molecule has 0 bridgehead atoms. The van der Waals surface area contributed by atoms with Crippen LogP contribution in [0, 0.1) is 28.6 Å². The summed E-state index contributed by atoms with van der Waals surface area (Å²) in [7, 11) is 0. The lowest BCUT2D eigenvalue weighted by Crippen LogP contribution is -2.70. The van der Waals surface area contributed by atoms with Gasteiger partial charge in [0.25, 0.3) is 0 Å². The molecule has 0 saturated heterocycles. The van der Waals surface area contributed by atoms with E-state index < -0.39 is 69.0 Å². The quantitative estimate of drug-likeness (QED) is 0.355. The largest absolute Gasteiger partial charge is 0.449 e. The van der Waals surface area contributed by atoms with Gasteiger partial charge in [-0.1, -0.05) is 40.7 Å². The number of esters is 1. The van der Waals surface area contributed by atoms with Gasteiger partial charge in [-0.3, -0.25) is 14.4 Å². The predicted molar refractivity (Wildman–Crippen MR) is 141 cm³/mol. The number of rotatable bonds is 5. The molecule has 0 aliphatic heterocycles. The molecule has 0 radical (unpaired) electrons. The molecular formula is C28H41F2NO5S. The highest BCUT2D eigenvalue weighted by Gasteiger charge is 2.77. The van der Waals surface area contributed by atoms with E-state index in [9.17, 15) is 19.5 Å². The van der Waals surface area contributed by atoms with Gasteiger partial charge in [-0.05, 0) is 62.9 Å². The molecule has 4 unspecified atom stereocenters. The van der Waals surface area contributed by atoms with Crippen LogP contribution in [-0.2, 0) is 19.1 Å². The number of alkyl halides is 2. The minimum Gasteiger partial charge on any atom is -0.449 e. The zero-order chi connectivity index (χ0) is 28.0. The second-order valence-corrected chi connectivity index (χ2v) is 11.7. The number of fused-ring (bicyclic) bond motifs is 5. The molecule has 0 aromatic heterocycles. The van der Waals surface area contributed by atoms with Crippen molar-refractivity contribution in [2.24, 2.45) is 28.6 Å².